The second kappa shape index (κ2) is 24.3. The zero-order chi connectivity index (χ0) is 53.8. The van der Waals surface area contributed by atoms with E-state index < -0.39 is 5.60 Å². The lowest BCUT2D eigenvalue weighted by molar-refractivity contribution is 0.0786. The highest BCUT2D eigenvalue weighted by atomic mass is 79.9. The van der Waals surface area contributed by atoms with E-state index in [2.05, 4.69) is 59.0 Å². The van der Waals surface area contributed by atoms with Crippen LogP contribution in [0.15, 0.2) is 138 Å². The van der Waals surface area contributed by atoms with Gasteiger partial charge in [-0.25, -0.2) is 0 Å². The van der Waals surface area contributed by atoms with Crippen LogP contribution in [0.3, 0.4) is 0 Å². The maximum atomic E-state index is 10.3. The Hall–Kier alpha value is -5.50. The van der Waals surface area contributed by atoms with E-state index >= 15 is 0 Å². The maximum absolute atomic E-state index is 10.3. The number of hydrogen-bond donors (Lipinski definition) is 4. The molecule has 9 aromatic rings. The van der Waals surface area contributed by atoms with Crippen LogP contribution in [0, 0.1) is 0 Å². The van der Waals surface area contributed by atoms with Crippen LogP contribution in [0.25, 0.3) is 34.2 Å². The van der Waals surface area contributed by atoms with E-state index in [0.29, 0.717) is 5.02 Å². The van der Waals surface area contributed by atoms with E-state index in [1.54, 1.807) is 32.4 Å². The number of nitrogens with zero attached hydrogens (tertiary/aromatic N) is 9. The summed E-state index contributed by atoms with van der Waals surface area (Å²) >= 11 is 28.9. The molecule has 12 rings (SSSR count). The minimum absolute atomic E-state index is 0.0269. The van der Waals surface area contributed by atoms with Gasteiger partial charge in [-0.05, 0) is 96.8 Å². The Labute approximate surface area is 484 Å². The van der Waals surface area contributed by atoms with Crippen molar-refractivity contribution in [2.45, 2.75) is 35.2 Å². The predicted molar refractivity (Wildman–Crippen MR) is 325 cm³/mol. The number of nitrogens with one attached hydrogen (secondary N) is 3. The molecule has 3 aliphatic rings. The summed E-state index contributed by atoms with van der Waals surface area (Å²) in [5.74, 6) is 6.03. The number of aromatic nitrogens is 9. The molecule has 0 spiro atoms. The van der Waals surface area contributed by atoms with E-state index in [1.165, 1.54) is 0 Å². The Morgan fingerprint density at radius 1 is 0.506 bits per heavy atom. The molecule has 4 N–H and O–H groups in total. The van der Waals surface area contributed by atoms with Crippen LogP contribution < -0.4 is 16.0 Å². The molecule has 0 aliphatic carbocycles. The number of anilines is 3. The van der Waals surface area contributed by atoms with Gasteiger partial charge in [0.2, 0.25) is 0 Å². The van der Waals surface area contributed by atoms with E-state index in [1.807, 2.05) is 174 Å². The molecule has 0 fully saturated rings. The average molecular weight is 1210 g/mol. The first kappa shape index (κ1) is 54.8. The zero-order valence-electron chi connectivity index (χ0n) is 42.9. The van der Waals surface area contributed by atoms with Gasteiger partial charge in [0.05, 0.1) is 38.4 Å². The van der Waals surface area contributed by atoms with Crippen molar-refractivity contribution in [2.75, 3.05) is 52.8 Å². The monoisotopic (exact) mass is 1200 g/mol. The number of aryl methyl sites for hydroxylation is 3. The molecule has 3 aromatic carbocycles. The van der Waals surface area contributed by atoms with Crippen LogP contribution >= 0.6 is 86.0 Å². The van der Waals surface area contributed by atoms with Crippen molar-refractivity contribution in [3.63, 3.8) is 0 Å². The van der Waals surface area contributed by atoms with E-state index in [4.69, 9.17) is 50.1 Å². The Bertz CT molecular complexity index is 3500. The molecule has 20 heteroatoms. The number of fused-ring (bicyclic) bond motifs is 3. The van der Waals surface area contributed by atoms with Crippen LogP contribution in [-0.2, 0) is 26.7 Å². The van der Waals surface area contributed by atoms with Crippen molar-refractivity contribution in [2.24, 2.45) is 21.1 Å². The van der Waals surface area contributed by atoms with Gasteiger partial charge in [-0.15, -0.1) is 35.3 Å². The number of thioether (sulfide) groups is 3. The average Bonchev–Trinajstić information content (AvgIpc) is 3.82. The molecule has 6 aromatic heterocycles. The fourth-order valence-electron chi connectivity index (χ4n) is 9.62. The van der Waals surface area contributed by atoms with Gasteiger partial charge in [0.15, 0.2) is 0 Å². The lowest BCUT2D eigenvalue weighted by Gasteiger charge is -2.22. The summed E-state index contributed by atoms with van der Waals surface area (Å²) in [6.45, 7) is 6.18. The standard InChI is InChI=1S/C21H23ClN4OS.C18H16BrClN4S.C18H17ClN4S/c1-21(2,27)13-7-8-14(15(22)12-13)19-17-18(16-6-4-5-9-23-16)25-26(3)20(17)24-10-11-28-19;1-24-18-15(16(23-24)14-4-2-3-7-21-14)17(25-9-8-22-18)12-6-5-11(19)10-13(12)20;1-23-18-15(16(22-23)14-8-4-5-9-20-14)17(24-11-10-21-18)12-6-2-3-7-13(12)19/h4-9,12,19,24,27H,10-11H2,1-3H3;2-7,10,17,22H,8-9H2,1H3;2-9,17,21H,10-11H2,1H3. The van der Waals surface area contributed by atoms with Crippen molar-refractivity contribution >= 4 is 103 Å². The fourth-order valence-corrected chi connectivity index (χ4v) is 14.8. The lowest BCUT2D eigenvalue weighted by Crippen LogP contribution is -2.15. The molecule has 0 radical (unpaired) electrons. The molecule has 396 valence electrons. The highest BCUT2D eigenvalue weighted by molar-refractivity contribution is 9.10. The minimum Gasteiger partial charge on any atom is -0.386 e. The summed E-state index contributed by atoms with van der Waals surface area (Å²) in [5.41, 5.74) is 11.8. The topological polar surface area (TPSA) is 148 Å². The molecule has 0 bridgehead atoms. The Kier molecular flexibility index (Phi) is 17.3. The van der Waals surface area contributed by atoms with Gasteiger partial charge in [0, 0.05) is 113 Å². The van der Waals surface area contributed by atoms with E-state index in [-0.39, 0.29) is 15.7 Å². The number of hydrogen-bond acceptors (Lipinski definition) is 13. The highest BCUT2D eigenvalue weighted by Gasteiger charge is 2.34. The molecule has 13 nitrogen and oxygen atoms in total. The Morgan fingerprint density at radius 2 is 0.883 bits per heavy atom. The third kappa shape index (κ3) is 11.9. The van der Waals surface area contributed by atoms with Crippen LogP contribution in [-0.4, -0.2) is 86.3 Å². The van der Waals surface area contributed by atoms with Crippen molar-refractivity contribution in [3.8, 4) is 34.2 Å². The van der Waals surface area contributed by atoms with Crippen LogP contribution in [0.4, 0.5) is 17.5 Å². The van der Waals surface area contributed by atoms with Gasteiger partial charge in [0.25, 0.3) is 0 Å². The SMILES string of the molecule is Cn1nc(-c2ccccn2)c2c1NCCSC2c1ccc(Br)cc1Cl.Cn1nc(-c2ccccn2)c2c1NCCSC2c1ccc(C(C)(C)O)cc1Cl.Cn1nc(-c2ccccn2)c2c1NCCSC2c1ccccc1Cl. The molecular weight excluding hydrogens is 1150 g/mol. The largest absolute Gasteiger partial charge is 0.386 e. The lowest BCUT2D eigenvalue weighted by atomic mass is 9.95. The first-order valence-electron chi connectivity index (χ1n) is 25.0. The zero-order valence-corrected chi connectivity index (χ0v) is 49.2. The minimum atomic E-state index is -0.932. The van der Waals surface area contributed by atoms with Gasteiger partial charge in [0.1, 0.15) is 34.5 Å². The number of rotatable bonds is 7. The van der Waals surface area contributed by atoms with Crippen molar-refractivity contribution in [1.29, 1.82) is 0 Å². The second-order valence-corrected chi connectivity index (χ2v) is 24.6. The van der Waals surface area contributed by atoms with Crippen LogP contribution in [0.1, 0.15) is 68.5 Å². The quantitative estimate of drug-likeness (QED) is 0.120. The Morgan fingerprint density at radius 3 is 1.25 bits per heavy atom. The van der Waals surface area contributed by atoms with Gasteiger partial charge in [-0.3, -0.25) is 29.0 Å². The predicted octanol–water partition coefficient (Wildman–Crippen LogP) is 14.1. The molecule has 3 unspecified atom stereocenters. The van der Waals surface area contributed by atoms with Crippen molar-refractivity contribution in [1.82, 2.24) is 44.3 Å². The summed E-state index contributed by atoms with van der Waals surface area (Å²) in [6.07, 6.45) is 5.39. The number of aliphatic hydroxyl groups is 1. The number of halogens is 4. The molecular formula is C57H56BrCl3N12OS3. The number of pyridine rings is 3. The Balaban J connectivity index is 0.000000131. The first-order chi connectivity index (χ1) is 37.3. The molecule has 3 aliphatic heterocycles. The van der Waals surface area contributed by atoms with E-state index in [9.17, 15) is 5.11 Å². The molecule has 3 atom stereocenters. The molecule has 0 amide bonds. The number of benzene rings is 3. The second-order valence-electron chi connectivity index (χ2n) is 18.9. The van der Waals surface area contributed by atoms with E-state index in [0.717, 1.165) is 142 Å². The third-order valence-electron chi connectivity index (χ3n) is 13.2. The highest BCUT2D eigenvalue weighted by Crippen LogP contribution is 2.50. The van der Waals surface area contributed by atoms with Gasteiger partial charge in [-0.2, -0.15) is 15.3 Å². The molecule has 77 heavy (non-hydrogen) atoms. The van der Waals surface area contributed by atoms with Crippen LogP contribution in [0.2, 0.25) is 15.1 Å². The third-order valence-corrected chi connectivity index (χ3v) is 18.5. The summed E-state index contributed by atoms with van der Waals surface area (Å²) < 4.78 is 6.69. The van der Waals surface area contributed by atoms with Crippen molar-refractivity contribution in [3.05, 3.63) is 192 Å². The van der Waals surface area contributed by atoms with Gasteiger partial charge in [-0.1, -0.05) is 105 Å². The summed E-state index contributed by atoms with van der Waals surface area (Å²) in [5, 5.41) is 37.6. The first-order valence-corrected chi connectivity index (χ1v) is 30.1. The summed E-state index contributed by atoms with van der Waals surface area (Å²) in [6, 6.07) is 37.7. The van der Waals surface area contributed by atoms with Gasteiger partial charge < -0.3 is 21.1 Å². The van der Waals surface area contributed by atoms with Crippen LogP contribution in [0.5, 0.6) is 0 Å². The van der Waals surface area contributed by atoms with Crippen molar-refractivity contribution < 1.29 is 5.11 Å². The van der Waals surface area contributed by atoms with Gasteiger partial charge >= 0.3 is 0 Å². The fraction of sp³-hybridized carbons (Fsp3) is 0.263. The smallest absolute Gasteiger partial charge is 0.129 e. The summed E-state index contributed by atoms with van der Waals surface area (Å²) in [4.78, 5) is 13.5. The summed E-state index contributed by atoms with van der Waals surface area (Å²) in [7, 11) is 5.89. The normalized spacial score (nSPS) is 16.9. The maximum Gasteiger partial charge on any atom is 0.129 e. The molecule has 0 saturated heterocycles. The molecule has 9 heterocycles. The molecule has 0 saturated carbocycles.